The number of aromatic nitrogens is 3. The Kier molecular flexibility index (Phi) is 5.19. The van der Waals surface area contributed by atoms with Gasteiger partial charge in [-0.05, 0) is 23.6 Å². The highest BCUT2D eigenvalue weighted by molar-refractivity contribution is 5.81. The van der Waals surface area contributed by atoms with Gasteiger partial charge >= 0.3 is 0 Å². The number of rotatable bonds is 7. The van der Waals surface area contributed by atoms with Gasteiger partial charge in [-0.15, -0.1) is 0 Å². The van der Waals surface area contributed by atoms with Crippen molar-refractivity contribution in [3.8, 4) is 0 Å². The SMILES string of the molecule is CNc1nc2cnc(Nc3ccc(C(C)C)cc3)cc2n1CCOC. The Morgan fingerprint density at radius 3 is 2.60 bits per heavy atom. The first-order chi connectivity index (χ1) is 12.1. The van der Waals surface area contributed by atoms with Gasteiger partial charge in [0.15, 0.2) is 0 Å². The number of ether oxygens (including phenoxy) is 1. The lowest BCUT2D eigenvalue weighted by molar-refractivity contribution is 0.189. The van der Waals surface area contributed by atoms with Crippen LogP contribution in [0.15, 0.2) is 36.5 Å². The standard InChI is InChI=1S/C19H25N5O/c1-13(2)14-5-7-15(8-6-14)22-18-11-17-16(12-21-18)23-19(20-3)24(17)9-10-25-4/h5-8,11-13H,9-10H2,1-4H3,(H,20,23)(H,21,22). The summed E-state index contributed by atoms with van der Waals surface area (Å²) in [4.78, 5) is 9.05. The maximum Gasteiger partial charge on any atom is 0.203 e. The second-order valence-electron chi connectivity index (χ2n) is 6.29. The van der Waals surface area contributed by atoms with E-state index >= 15 is 0 Å². The van der Waals surface area contributed by atoms with Crippen molar-refractivity contribution >= 4 is 28.5 Å². The molecular weight excluding hydrogens is 314 g/mol. The largest absolute Gasteiger partial charge is 0.383 e. The minimum Gasteiger partial charge on any atom is -0.383 e. The van der Waals surface area contributed by atoms with Gasteiger partial charge in [-0.1, -0.05) is 26.0 Å². The van der Waals surface area contributed by atoms with Crippen LogP contribution < -0.4 is 10.6 Å². The van der Waals surface area contributed by atoms with Crippen molar-refractivity contribution in [1.82, 2.24) is 14.5 Å². The van der Waals surface area contributed by atoms with Gasteiger partial charge in [0, 0.05) is 32.5 Å². The minimum atomic E-state index is 0.527. The molecule has 3 rings (SSSR count). The molecule has 0 fully saturated rings. The van der Waals surface area contributed by atoms with Crippen molar-refractivity contribution < 1.29 is 4.74 Å². The van der Waals surface area contributed by atoms with E-state index in [-0.39, 0.29) is 0 Å². The number of nitrogens with one attached hydrogen (secondary N) is 2. The van der Waals surface area contributed by atoms with Crippen molar-refractivity contribution in [3.05, 3.63) is 42.1 Å². The Labute approximate surface area is 148 Å². The summed E-state index contributed by atoms with van der Waals surface area (Å²) in [6, 6.07) is 10.5. The number of fused-ring (bicyclic) bond motifs is 1. The molecule has 1 aromatic carbocycles. The molecule has 0 aliphatic heterocycles. The number of pyridine rings is 1. The van der Waals surface area contributed by atoms with E-state index < -0.39 is 0 Å². The van der Waals surface area contributed by atoms with Gasteiger partial charge in [0.05, 0.1) is 18.3 Å². The predicted molar refractivity (Wildman–Crippen MR) is 103 cm³/mol. The predicted octanol–water partition coefficient (Wildman–Crippen LogP) is 3.99. The van der Waals surface area contributed by atoms with Gasteiger partial charge in [0.25, 0.3) is 0 Å². The van der Waals surface area contributed by atoms with Gasteiger partial charge in [-0.25, -0.2) is 9.97 Å². The van der Waals surface area contributed by atoms with Crippen molar-refractivity contribution in [3.63, 3.8) is 0 Å². The molecule has 6 heteroatoms. The van der Waals surface area contributed by atoms with Crippen LogP contribution in [-0.2, 0) is 11.3 Å². The lowest BCUT2D eigenvalue weighted by atomic mass is 10.0. The molecule has 25 heavy (non-hydrogen) atoms. The zero-order chi connectivity index (χ0) is 17.8. The summed E-state index contributed by atoms with van der Waals surface area (Å²) in [5.41, 5.74) is 4.23. The molecule has 0 amide bonds. The van der Waals surface area contributed by atoms with Crippen molar-refractivity contribution in [2.24, 2.45) is 0 Å². The van der Waals surface area contributed by atoms with E-state index in [1.54, 1.807) is 13.3 Å². The number of imidazole rings is 1. The molecule has 3 aromatic rings. The molecule has 0 aliphatic carbocycles. The Bertz CT molecular complexity index is 839. The highest BCUT2D eigenvalue weighted by Crippen LogP contribution is 2.24. The van der Waals surface area contributed by atoms with E-state index in [0.29, 0.717) is 12.5 Å². The maximum atomic E-state index is 5.21. The quantitative estimate of drug-likeness (QED) is 0.681. The topological polar surface area (TPSA) is 64.0 Å². The monoisotopic (exact) mass is 339 g/mol. The highest BCUT2D eigenvalue weighted by Gasteiger charge is 2.11. The molecule has 132 valence electrons. The van der Waals surface area contributed by atoms with Crippen molar-refractivity contribution in [2.75, 3.05) is 31.4 Å². The van der Waals surface area contributed by atoms with Crippen LogP contribution in [0.4, 0.5) is 17.5 Å². The minimum absolute atomic E-state index is 0.527. The number of benzene rings is 1. The third-order valence-corrected chi connectivity index (χ3v) is 4.23. The third-order valence-electron chi connectivity index (χ3n) is 4.23. The zero-order valence-corrected chi connectivity index (χ0v) is 15.2. The number of methoxy groups -OCH3 is 1. The van der Waals surface area contributed by atoms with Crippen molar-refractivity contribution in [1.29, 1.82) is 0 Å². The first kappa shape index (κ1) is 17.2. The first-order valence-corrected chi connectivity index (χ1v) is 8.52. The fourth-order valence-electron chi connectivity index (χ4n) is 2.80. The summed E-state index contributed by atoms with van der Waals surface area (Å²) in [7, 11) is 3.57. The average Bonchev–Trinajstić information content (AvgIpc) is 2.97. The first-order valence-electron chi connectivity index (χ1n) is 8.52. The molecule has 2 N–H and O–H groups in total. The van der Waals surface area contributed by atoms with Crippen LogP contribution in [0, 0.1) is 0 Å². The second-order valence-corrected chi connectivity index (χ2v) is 6.29. The van der Waals surface area contributed by atoms with Gasteiger partial charge in [0.1, 0.15) is 11.3 Å². The van der Waals surface area contributed by atoms with Crippen molar-refractivity contribution in [2.45, 2.75) is 26.3 Å². The summed E-state index contributed by atoms with van der Waals surface area (Å²) in [5, 5.41) is 6.50. The molecule has 0 bridgehead atoms. The average molecular weight is 339 g/mol. The normalized spacial score (nSPS) is 11.2. The molecule has 2 aromatic heterocycles. The summed E-state index contributed by atoms with van der Waals surface area (Å²) < 4.78 is 7.32. The number of anilines is 3. The van der Waals surface area contributed by atoms with Gasteiger partial charge in [0.2, 0.25) is 5.95 Å². The summed E-state index contributed by atoms with van der Waals surface area (Å²) in [6.07, 6.45) is 1.80. The summed E-state index contributed by atoms with van der Waals surface area (Å²) in [6.45, 7) is 5.74. The molecule has 0 saturated heterocycles. The fraction of sp³-hybridized carbons (Fsp3) is 0.368. The number of hydrogen-bond acceptors (Lipinski definition) is 5. The molecular formula is C19H25N5O. The van der Waals surface area contributed by atoms with Gasteiger partial charge in [-0.3, -0.25) is 0 Å². The smallest absolute Gasteiger partial charge is 0.203 e. The molecule has 6 nitrogen and oxygen atoms in total. The van der Waals surface area contributed by atoms with Crippen LogP contribution >= 0.6 is 0 Å². The van der Waals surface area contributed by atoms with E-state index in [0.717, 1.165) is 35.0 Å². The Morgan fingerprint density at radius 2 is 1.96 bits per heavy atom. The summed E-state index contributed by atoms with van der Waals surface area (Å²) >= 11 is 0. The molecule has 0 unspecified atom stereocenters. The van der Waals surface area contributed by atoms with Crippen LogP contribution in [0.25, 0.3) is 11.0 Å². The molecule has 0 saturated carbocycles. The number of nitrogens with zero attached hydrogens (tertiary/aromatic N) is 3. The lowest BCUT2D eigenvalue weighted by Gasteiger charge is -2.10. The summed E-state index contributed by atoms with van der Waals surface area (Å²) in [5.74, 6) is 2.14. The molecule has 2 heterocycles. The number of hydrogen-bond donors (Lipinski definition) is 2. The van der Waals surface area contributed by atoms with E-state index in [1.807, 2.05) is 13.1 Å². The fourth-order valence-corrected chi connectivity index (χ4v) is 2.80. The molecule has 0 radical (unpaired) electrons. The zero-order valence-electron chi connectivity index (χ0n) is 15.2. The van der Waals surface area contributed by atoms with E-state index in [4.69, 9.17) is 4.74 Å². The third kappa shape index (κ3) is 3.74. The van der Waals surface area contributed by atoms with E-state index in [9.17, 15) is 0 Å². The molecule has 0 aliphatic rings. The molecule has 0 spiro atoms. The highest BCUT2D eigenvalue weighted by atomic mass is 16.5. The van der Waals surface area contributed by atoms with Crippen LogP contribution in [-0.4, -0.2) is 35.3 Å². The van der Waals surface area contributed by atoms with Gasteiger partial charge < -0.3 is 19.9 Å². The van der Waals surface area contributed by atoms with Crippen LogP contribution in [0.1, 0.15) is 25.3 Å². The van der Waals surface area contributed by atoms with Gasteiger partial charge in [-0.2, -0.15) is 0 Å². The van der Waals surface area contributed by atoms with Crippen LogP contribution in [0.3, 0.4) is 0 Å². The molecule has 0 atom stereocenters. The van der Waals surface area contributed by atoms with E-state index in [1.165, 1.54) is 5.56 Å². The second kappa shape index (κ2) is 7.53. The maximum absolute atomic E-state index is 5.21. The lowest BCUT2D eigenvalue weighted by Crippen LogP contribution is -2.08. The van der Waals surface area contributed by atoms with Crippen LogP contribution in [0.5, 0.6) is 0 Å². The Balaban J connectivity index is 1.89. The van der Waals surface area contributed by atoms with E-state index in [2.05, 4.69) is 63.3 Å². The van der Waals surface area contributed by atoms with Crippen LogP contribution in [0.2, 0.25) is 0 Å². The Hall–Kier alpha value is -2.60. The Morgan fingerprint density at radius 1 is 1.20 bits per heavy atom.